The molecular weight excluding hydrogens is 280 g/mol. The second kappa shape index (κ2) is 4.60. The van der Waals surface area contributed by atoms with E-state index in [4.69, 9.17) is 5.73 Å². The van der Waals surface area contributed by atoms with Crippen LogP contribution in [0.4, 0.5) is 10.3 Å². The van der Waals surface area contributed by atoms with Gasteiger partial charge in [-0.25, -0.2) is 9.97 Å². The fourth-order valence-electron chi connectivity index (χ4n) is 1.67. The molecule has 3 rings (SSSR count). The van der Waals surface area contributed by atoms with Gasteiger partial charge in [0.05, 0.1) is 10.2 Å². The maximum atomic E-state index is 12.1. The van der Waals surface area contributed by atoms with Crippen molar-refractivity contribution in [2.45, 2.75) is 6.92 Å². The Kier molecular flexibility index (Phi) is 2.92. The molecule has 1 aromatic carbocycles. The van der Waals surface area contributed by atoms with Crippen molar-refractivity contribution in [2.75, 3.05) is 11.1 Å². The Labute approximate surface area is 117 Å². The van der Waals surface area contributed by atoms with Crippen LogP contribution in [0, 0.1) is 6.92 Å². The Hall–Kier alpha value is -1.99. The molecule has 0 spiro atoms. The molecule has 19 heavy (non-hydrogen) atoms. The molecule has 0 aliphatic rings. The Morgan fingerprint density at radius 3 is 2.95 bits per heavy atom. The van der Waals surface area contributed by atoms with Gasteiger partial charge >= 0.3 is 0 Å². The number of nitrogen functional groups attached to an aromatic ring is 1. The molecule has 96 valence electrons. The fraction of sp³-hybridized carbons (Fsp3) is 0.0833. The van der Waals surface area contributed by atoms with Gasteiger partial charge in [0, 0.05) is 16.6 Å². The van der Waals surface area contributed by atoms with Gasteiger partial charge in [-0.1, -0.05) is 11.3 Å². The first-order chi connectivity index (χ1) is 9.11. The van der Waals surface area contributed by atoms with Gasteiger partial charge in [0.25, 0.3) is 5.91 Å². The first kappa shape index (κ1) is 12.1. The molecule has 3 N–H and O–H groups in total. The summed E-state index contributed by atoms with van der Waals surface area (Å²) in [5.41, 5.74) is 7.02. The zero-order valence-electron chi connectivity index (χ0n) is 10.0. The van der Waals surface area contributed by atoms with Crippen LogP contribution in [-0.4, -0.2) is 15.9 Å². The second-order valence-corrected chi connectivity index (χ2v) is 6.26. The van der Waals surface area contributed by atoms with Crippen molar-refractivity contribution in [1.82, 2.24) is 9.97 Å². The summed E-state index contributed by atoms with van der Waals surface area (Å²) in [7, 11) is 0. The number of aromatic nitrogens is 2. The SMILES string of the molecule is Cc1cnc(NC(=O)c2ccc3nc(N)sc3c2)s1. The van der Waals surface area contributed by atoms with Crippen molar-refractivity contribution >= 4 is 49.1 Å². The summed E-state index contributed by atoms with van der Waals surface area (Å²) in [4.78, 5) is 21.4. The van der Waals surface area contributed by atoms with Crippen LogP contribution in [0.2, 0.25) is 0 Å². The Morgan fingerprint density at radius 2 is 2.21 bits per heavy atom. The highest BCUT2D eigenvalue weighted by Gasteiger charge is 2.10. The topological polar surface area (TPSA) is 80.9 Å². The Bertz CT molecular complexity index is 762. The van der Waals surface area contributed by atoms with Crippen molar-refractivity contribution in [3.8, 4) is 0 Å². The second-order valence-electron chi connectivity index (χ2n) is 3.96. The van der Waals surface area contributed by atoms with E-state index in [1.54, 1.807) is 24.4 Å². The predicted octanol–water partition coefficient (Wildman–Crippen LogP) is 2.90. The average Bonchev–Trinajstić information content (AvgIpc) is 2.93. The highest BCUT2D eigenvalue weighted by Crippen LogP contribution is 2.25. The lowest BCUT2D eigenvalue weighted by molar-refractivity contribution is 0.102. The number of nitrogens with two attached hydrogens (primary N) is 1. The molecule has 5 nitrogen and oxygen atoms in total. The third-order valence-electron chi connectivity index (χ3n) is 2.51. The lowest BCUT2D eigenvalue weighted by Crippen LogP contribution is -2.11. The van der Waals surface area contributed by atoms with Crippen molar-refractivity contribution in [3.63, 3.8) is 0 Å². The first-order valence-electron chi connectivity index (χ1n) is 5.52. The summed E-state index contributed by atoms with van der Waals surface area (Å²) in [5, 5.41) is 3.88. The molecule has 3 aromatic rings. The van der Waals surface area contributed by atoms with Crippen LogP contribution in [0.15, 0.2) is 24.4 Å². The smallest absolute Gasteiger partial charge is 0.257 e. The van der Waals surface area contributed by atoms with Crippen LogP contribution >= 0.6 is 22.7 Å². The molecule has 0 unspecified atom stereocenters. The minimum atomic E-state index is -0.178. The summed E-state index contributed by atoms with van der Waals surface area (Å²) in [6.45, 7) is 1.94. The maximum absolute atomic E-state index is 12.1. The lowest BCUT2D eigenvalue weighted by Gasteiger charge is -2.01. The van der Waals surface area contributed by atoms with E-state index in [0.717, 1.165) is 15.1 Å². The van der Waals surface area contributed by atoms with Crippen LogP contribution in [0.1, 0.15) is 15.2 Å². The molecule has 2 heterocycles. The monoisotopic (exact) mass is 290 g/mol. The molecule has 0 fully saturated rings. The van der Waals surface area contributed by atoms with E-state index in [0.29, 0.717) is 15.8 Å². The molecule has 0 bridgehead atoms. The van der Waals surface area contributed by atoms with Gasteiger partial charge < -0.3 is 5.73 Å². The van der Waals surface area contributed by atoms with E-state index < -0.39 is 0 Å². The fourth-order valence-corrected chi connectivity index (χ4v) is 3.10. The minimum Gasteiger partial charge on any atom is -0.375 e. The van der Waals surface area contributed by atoms with Gasteiger partial charge in [-0.3, -0.25) is 10.1 Å². The maximum Gasteiger partial charge on any atom is 0.257 e. The molecule has 2 aromatic heterocycles. The van der Waals surface area contributed by atoms with Crippen LogP contribution < -0.4 is 11.1 Å². The number of hydrogen-bond donors (Lipinski definition) is 2. The summed E-state index contributed by atoms with van der Waals surface area (Å²) in [5.74, 6) is -0.178. The number of hydrogen-bond acceptors (Lipinski definition) is 6. The number of rotatable bonds is 2. The highest BCUT2D eigenvalue weighted by atomic mass is 32.1. The number of benzene rings is 1. The van der Waals surface area contributed by atoms with Gasteiger partial charge in [-0.2, -0.15) is 0 Å². The number of anilines is 2. The molecule has 7 heteroatoms. The van der Waals surface area contributed by atoms with Crippen molar-refractivity contribution in [2.24, 2.45) is 0 Å². The number of fused-ring (bicyclic) bond motifs is 1. The quantitative estimate of drug-likeness (QED) is 0.760. The summed E-state index contributed by atoms with van der Waals surface area (Å²) in [6.07, 6.45) is 1.73. The van der Waals surface area contributed by atoms with E-state index in [2.05, 4.69) is 15.3 Å². The van der Waals surface area contributed by atoms with Crippen LogP contribution in [0.3, 0.4) is 0 Å². The van der Waals surface area contributed by atoms with Crippen molar-refractivity contribution < 1.29 is 4.79 Å². The Morgan fingerprint density at radius 1 is 1.37 bits per heavy atom. The van der Waals surface area contributed by atoms with Gasteiger partial charge in [0.2, 0.25) is 0 Å². The van der Waals surface area contributed by atoms with Crippen molar-refractivity contribution in [1.29, 1.82) is 0 Å². The highest BCUT2D eigenvalue weighted by molar-refractivity contribution is 7.22. The summed E-state index contributed by atoms with van der Waals surface area (Å²) >= 11 is 2.81. The van der Waals surface area contributed by atoms with E-state index in [1.807, 2.05) is 6.92 Å². The summed E-state index contributed by atoms with van der Waals surface area (Å²) in [6, 6.07) is 5.32. The number of nitrogens with zero attached hydrogens (tertiary/aromatic N) is 2. The number of nitrogens with one attached hydrogen (secondary N) is 1. The van der Waals surface area contributed by atoms with Crippen LogP contribution in [0.25, 0.3) is 10.2 Å². The molecule has 0 aliphatic carbocycles. The molecular formula is C12H10N4OS2. The normalized spacial score (nSPS) is 10.8. The molecule has 0 atom stereocenters. The molecule has 0 saturated carbocycles. The van der Waals surface area contributed by atoms with Gasteiger partial charge in [0.1, 0.15) is 0 Å². The van der Waals surface area contributed by atoms with E-state index >= 15 is 0 Å². The number of thiazole rings is 2. The van der Waals surface area contributed by atoms with Gasteiger partial charge in [0.15, 0.2) is 10.3 Å². The minimum absolute atomic E-state index is 0.178. The van der Waals surface area contributed by atoms with E-state index in [9.17, 15) is 4.79 Å². The molecule has 0 saturated heterocycles. The zero-order chi connectivity index (χ0) is 13.4. The third kappa shape index (κ3) is 2.42. The van der Waals surface area contributed by atoms with Crippen molar-refractivity contribution in [3.05, 3.63) is 34.8 Å². The lowest BCUT2D eigenvalue weighted by atomic mass is 10.2. The van der Waals surface area contributed by atoms with Crippen LogP contribution in [-0.2, 0) is 0 Å². The molecule has 0 radical (unpaired) electrons. The third-order valence-corrected chi connectivity index (χ3v) is 4.18. The number of aryl methyl sites for hydroxylation is 1. The van der Waals surface area contributed by atoms with Gasteiger partial charge in [-0.05, 0) is 25.1 Å². The first-order valence-corrected chi connectivity index (χ1v) is 7.15. The number of amides is 1. The van der Waals surface area contributed by atoms with Gasteiger partial charge in [-0.15, -0.1) is 11.3 Å². The zero-order valence-corrected chi connectivity index (χ0v) is 11.6. The molecule has 0 aliphatic heterocycles. The number of carbonyl (C=O) groups excluding carboxylic acids is 1. The summed E-state index contributed by atoms with van der Waals surface area (Å²) < 4.78 is 0.903. The predicted molar refractivity (Wildman–Crippen MR) is 78.8 cm³/mol. The molecule has 1 amide bonds. The number of carbonyl (C=O) groups is 1. The van der Waals surface area contributed by atoms with Crippen LogP contribution in [0.5, 0.6) is 0 Å². The largest absolute Gasteiger partial charge is 0.375 e. The average molecular weight is 290 g/mol. The van der Waals surface area contributed by atoms with E-state index in [1.165, 1.54) is 22.7 Å². The van der Waals surface area contributed by atoms with E-state index in [-0.39, 0.29) is 5.91 Å². The standard InChI is InChI=1S/C12H10N4OS2/c1-6-5-14-12(18-6)16-10(17)7-2-3-8-9(4-7)19-11(13)15-8/h2-5H,1H3,(H2,13,15)(H,14,16,17). The Balaban J connectivity index is 1.88.